The maximum absolute atomic E-state index is 12.2. The van der Waals surface area contributed by atoms with Gasteiger partial charge in [0.05, 0.1) is 17.3 Å². The van der Waals surface area contributed by atoms with E-state index < -0.39 is 28.8 Å². The number of carbonyl (C=O) groups excluding carboxylic acids is 1. The van der Waals surface area contributed by atoms with Gasteiger partial charge in [0.1, 0.15) is 6.04 Å². The van der Waals surface area contributed by atoms with Crippen LogP contribution in [0.3, 0.4) is 0 Å². The number of aliphatic carboxylic acids is 1. The maximum atomic E-state index is 12.2. The van der Waals surface area contributed by atoms with E-state index in [4.69, 9.17) is 0 Å². The lowest BCUT2D eigenvalue weighted by Gasteiger charge is -2.35. The van der Waals surface area contributed by atoms with Crippen molar-refractivity contribution in [3.8, 4) is 0 Å². The largest absolute Gasteiger partial charge is 0.480 e. The van der Waals surface area contributed by atoms with Crippen molar-refractivity contribution in [3.05, 3.63) is 120 Å². The molecule has 1 amide bonds. The molecular weight excluding hydrogens is 482 g/mol. The minimum atomic E-state index is -1.08. The lowest BCUT2D eigenvalue weighted by molar-refractivity contribution is -0.143. The quantitative estimate of drug-likeness (QED) is 0.155. The number of aliphatic hydroxyl groups is 1. The number of allylic oxidation sites excluding steroid dienone is 1. The van der Waals surface area contributed by atoms with Gasteiger partial charge in [0.15, 0.2) is 0 Å². The van der Waals surface area contributed by atoms with E-state index in [1.54, 1.807) is 19.9 Å². The molecule has 3 aromatic rings. The fraction of sp³-hybridized carbons (Fsp3) is 0.290. The van der Waals surface area contributed by atoms with Gasteiger partial charge in [0, 0.05) is 0 Å². The molecule has 6 heteroatoms. The summed E-state index contributed by atoms with van der Waals surface area (Å²) in [6.45, 7) is 3.46. The lowest BCUT2D eigenvalue weighted by atomic mass is 9.84. The number of hydrogen-bond acceptors (Lipinski definition) is 4. The van der Waals surface area contributed by atoms with Crippen LogP contribution < -0.4 is 5.32 Å². The normalized spacial score (nSPS) is 13.4. The summed E-state index contributed by atoms with van der Waals surface area (Å²) in [4.78, 5) is 23.5. The molecule has 194 valence electrons. The smallest absolute Gasteiger partial charge is 0.326 e. The van der Waals surface area contributed by atoms with E-state index in [1.165, 1.54) is 16.7 Å². The Balaban J connectivity index is 1.71. The molecule has 0 radical (unpaired) electrons. The van der Waals surface area contributed by atoms with E-state index in [0.29, 0.717) is 6.42 Å². The van der Waals surface area contributed by atoms with E-state index in [9.17, 15) is 19.8 Å². The van der Waals surface area contributed by atoms with Crippen LogP contribution in [0.1, 0.15) is 43.4 Å². The SMILES string of the molecule is CC(C)[C@@H](NC(=O)CC(O)/C=C/CCSC(c1ccccc1)(c1ccccc1)c1ccccc1)C(=O)O. The van der Waals surface area contributed by atoms with Crippen molar-refractivity contribution < 1.29 is 19.8 Å². The van der Waals surface area contributed by atoms with E-state index in [2.05, 4.69) is 78.1 Å². The number of carboxylic acids is 1. The molecule has 37 heavy (non-hydrogen) atoms. The second-order valence-corrected chi connectivity index (χ2v) is 10.6. The van der Waals surface area contributed by atoms with Crippen LogP contribution in [0.25, 0.3) is 0 Å². The van der Waals surface area contributed by atoms with E-state index in [0.717, 1.165) is 5.75 Å². The Bertz CT molecular complexity index is 1050. The van der Waals surface area contributed by atoms with Crippen LogP contribution in [-0.2, 0) is 14.3 Å². The molecule has 3 aromatic carbocycles. The Morgan fingerprint density at radius 2 is 1.32 bits per heavy atom. The average molecular weight is 518 g/mol. The summed E-state index contributed by atoms with van der Waals surface area (Å²) in [7, 11) is 0. The second-order valence-electron chi connectivity index (χ2n) is 9.24. The number of rotatable bonds is 13. The monoisotopic (exact) mass is 517 g/mol. The predicted molar refractivity (Wildman–Crippen MR) is 150 cm³/mol. The van der Waals surface area contributed by atoms with Crippen LogP contribution in [0, 0.1) is 5.92 Å². The van der Waals surface area contributed by atoms with Crippen LogP contribution in [0.5, 0.6) is 0 Å². The summed E-state index contributed by atoms with van der Waals surface area (Å²) >= 11 is 1.83. The van der Waals surface area contributed by atoms with Crippen molar-refractivity contribution in [3.63, 3.8) is 0 Å². The fourth-order valence-electron chi connectivity index (χ4n) is 4.31. The molecule has 0 aliphatic rings. The van der Waals surface area contributed by atoms with Crippen LogP contribution in [-0.4, -0.2) is 40.0 Å². The van der Waals surface area contributed by atoms with Gasteiger partial charge >= 0.3 is 5.97 Å². The summed E-state index contributed by atoms with van der Waals surface area (Å²) in [5.74, 6) is -1.03. The Morgan fingerprint density at radius 3 is 1.73 bits per heavy atom. The molecule has 0 heterocycles. The van der Waals surface area contributed by atoms with Gasteiger partial charge in [-0.05, 0) is 34.8 Å². The molecule has 3 rings (SSSR count). The molecule has 0 bridgehead atoms. The summed E-state index contributed by atoms with van der Waals surface area (Å²) < 4.78 is -0.404. The van der Waals surface area contributed by atoms with Crippen molar-refractivity contribution >= 4 is 23.6 Å². The Kier molecular flexibility index (Phi) is 10.5. The maximum Gasteiger partial charge on any atom is 0.326 e. The summed E-state index contributed by atoms with van der Waals surface area (Å²) in [5, 5.41) is 22.0. The molecule has 2 atom stereocenters. The minimum Gasteiger partial charge on any atom is -0.480 e. The zero-order valence-corrected chi connectivity index (χ0v) is 22.1. The van der Waals surface area contributed by atoms with Gasteiger partial charge in [-0.1, -0.05) is 117 Å². The number of benzene rings is 3. The number of carbonyl (C=O) groups is 2. The second kappa shape index (κ2) is 13.8. The molecule has 3 N–H and O–H groups in total. The van der Waals surface area contributed by atoms with Gasteiger partial charge in [-0.2, -0.15) is 0 Å². The van der Waals surface area contributed by atoms with Gasteiger partial charge in [-0.15, -0.1) is 11.8 Å². The molecule has 1 unspecified atom stereocenters. The van der Waals surface area contributed by atoms with Gasteiger partial charge < -0.3 is 15.5 Å². The van der Waals surface area contributed by atoms with Crippen molar-refractivity contribution in [1.29, 1.82) is 0 Å². The Hall–Kier alpha value is -3.35. The molecule has 0 aliphatic heterocycles. The van der Waals surface area contributed by atoms with E-state index in [-0.39, 0.29) is 12.3 Å². The first-order valence-electron chi connectivity index (χ1n) is 12.5. The van der Waals surface area contributed by atoms with Gasteiger partial charge in [-0.3, -0.25) is 4.79 Å². The van der Waals surface area contributed by atoms with Crippen LogP contribution in [0.4, 0.5) is 0 Å². The standard InChI is InChI=1S/C31H35NO4S/c1-23(2)29(30(35)36)32-28(34)22-27(33)20-12-13-21-37-31(24-14-6-3-7-15-24,25-16-8-4-9-17-25)26-18-10-5-11-19-26/h3-12,14-20,23,27,29,33H,13,21-22H2,1-2H3,(H,32,34)(H,35,36)/b20-12+/t27?,29-/m1/s1. The van der Waals surface area contributed by atoms with Crippen LogP contribution in [0.2, 0.25) is 0 Å². The summed E-state index contributed by atoms with van der Waals surface area (Å²) in [5.41, 5.74) is 3.57. The molecular formula is C31H35NO4S. The Labute approximate surface area is 223 Å². The average Bonchev–Trinajstić information content (AvgIpc) is 2.90. The molecule has 0 fully saturated rings. The first-order valence-corrected chi connectivity index (χ1v) is 13.5. The highest BCUT2D eigenvalue weighted by molar-refractivity contribution is 8.00. The van der Waals surface area contributed by atoms with E-state index >= 15 is 0 Å². The molecule has 0 aliphatic carbocycles. The zero-order chi connectivity index (χ0) is 26.7. The third-order valence-electron chi connectivity index (χ3n) is 6.15. The highest BCUT2D eigenvalue weighted by atomic mass is 32.2. The molecule has 0 saturated carbocycles. The highest BCUT2D eigenvalue weighted by Gasteiger charge is 2.36. The highest BCUT2D eigenvalue weighted by Crippen LogP contribution is 2.48. The number of nitrogens with one attached hydrogen (secondary N) is 1. The van der Waals surface area contributed by atoms with Crippen molar-refractivity contribution in [2.24, 2.45) is 5.92 Å². The third kappa shape index (κ3) is 7.57. The van der Waals surface area contributed by atoms with Crippen molar-refractivity contribution in [1.82, 2.24) is 5.32 Å². The summed E-state index contributed by atoms with van der Waals surface area (Å²) in [6.07, 6.45) is 3.03. The number of carboxylic acid groups (broad SMARTS) is 1. The molecule has 0 saturated heterocycles. The van der Waals surface area contributed by atoms with Gasteiger partial charge in [0.2, 0.25) is 5.91 Å². The molecule has 0 aromatic heterocycles. The summed E-state index contributed by atoms with van der Waals surface area (Å²) in [6, 6.07) is 30.4. The van der Waals surface area contributed by atoms with E-state index in [1.807, 2.05) is 36.0 Å². The Morgan fingerprint density at radius 1 is 0.865 bits per heavy atom. The topological polar surface area (TPSA) is 86.6 Å². The minimum absolute atomic E-state index is 0.178. The zero-order valence-electron chi connectivity index (χ0n) is 21.3. The first-order chi connectivity index (χ1) is 17.8. The molecule has 0 spiro atoms. The number of amides is 1. The van der Waals surface area contributed by atoms with Gasteiger partial charge in [-0.25, -0.2) is 4.79 Å². The fourth-order valence-corrected chi connectivity index (χ4v) is 5.77. The molecule has 5 nitrogen and oxygen atoms in total. The van der Waals surface area contributed by atoms with Crippen LogP contribution >= 0.6 is 11.8 Å². The number of aliphatic hydroxyl groups excluding tert-OH is 1. The first kappa shape index (κ1) is 28.2. The van der Waals surface area contributed by atoms with Crippen LogP contribution in [0.15, 0.2) is 103 Å². The number of hydrogen-bond donors (Lipinski definition) is 3. The van der Waals surface area contributed by atoms with Crippen molar-refractivity contribution in [2.45, 2.75) is 43.6 Å². The number of thioether (sulfide) groups is 1. The predicted octanol–water partition coefficient (Wildman–Crippen LogP) is 5.63. The van der Waals surface area contributed by atoms with Crippen molar-refractivity contribution in [2.75, 3.05) is 5.75 Å². The third-order valence-corrected chi connectivity index (χ3v) is 7.73. The lowest BCUT2D eigenvalue weighted by Crippen LogP contribution is -2.45. The van der Waals surface area contributed by atoms with Gasteiger partial charge in [0.25, 0.3) is 0 Å².